The van der Waals surface area contributed by atoms with Crippen LogP contribution in [-0.4, -0.2) is 69.1 Å². The second-order valence-electron chi connectivity index (χ2n) is 13.5. The molecular formula is C41H49N5O6. The largest absolute Gasteiger partial charge is 0.445 e. The number of hydrogen-bond acceptors (Lipinski definition) is 8. The maximum atomic E-state index is 14.3. The van der Waals surface area contributed by atoms with Gasteiger partial charge in [0.05, 0.1) is 29.8 Å². The third-order valence-electron chi connectivity index (χ3n) is 8.86. The van der Waals surface area contributed by atoms with E-state index in [1.807, 2.05) is 91.0 Å². The second-order valence-corrected chi connectivity index (χ2v) is 13.5. The minimum atomic E-state index is -1.49. The standard InChI is InChI=1S/C41H49N5O6/c1-27(2)35(42)40(50)46(39(49)32-21-14-22-43-25-32)34(24-30-17-10-6-11-18-30)37(47)33(23-29-15-8-5-9-16-29)44-38(48)36(28(3)4)45-41(51)52-26-31-19-12-7-13-20-31/h5-22,25,27-28,33-37,47H,23-24,26,42H2,1-4H3,(H,44,48)(H,45,51)/t33?,34?,35-,36-,37?/m0/s1. The van der Waals surface area contributed by atoms with Crippen molar-refractivity contribution in [3.05, 3.63) is 138 Å². The highest BCUT2D eigenvalue weighted by Gasteiger charge is 2.42. The molecule has 4 amide bonds. The summed E-state index contributed by atoms with van der Waals surface area (Å²) in [7, 11) is 0. The first-order valence-corrected chi connectivity index (χ1v) is 17.5. The number of alkyl carbamates (subject to hydrolysis) is 1. The summed E-state index contributed by atoms with van der Waals surface area (Å²) in [4.78, 5) is 60.6. The van der Waals surface area contributed by atoms with Gasteiger partial charge >= 0.3 is 6.09 Å². The fourth-order valence-electron chi connectivity index (χ4n) is 5.80. The van der Waals surface area contributed by atoms with Crippen molar-refractivity contribution in [2.24, 2.45) is 17.6 Å². The van der Waals surface area contributed by atoms with Gasteiger partial charge in [-0.2, -0.15) is 0 Å². The molecule has 0 aliphatic rings. The number of benzene rings is 3. The normalized spacial score (nSPS) is 14.1. The van der Waals surface area contributed by atoms with Gasteiger partial charge in [0.1, 0.15) is 12.6 Å². The first-order chi connectivity index (χ1) is 25.0. The zero-order valence-electron chi connectivity index (χ0n) is 30.1. The van der Waals surface area contributed by atoms with E-state index in [1.165, 1.54) is 12.4 Å². The number of hydrogen-bond donors (Lipinski definition) is 4. The summed E-state index contributed by atoms with van der Waals surface area (Å²) in [6.07, 6.45) is 0.799. The van der Waals surface area contributed by atoms with Crippen molar-refractivity contribution in [1.82, 2.24) is 20.5 Å². The lowest BCUT2D eigenvalue weighted by Crippen LogP contribution is -2.63. The number of carbonyl (C=O) groups is 4. The number of aromatic nitrogens is 1. The molecule has 5 atom stereocenters. The van der Waals surface area contributed by atoms with Gasteiger partial charge in [-0.05, 0) is 53.5 Å². The highest BCUT2D eigenvalue weighted by atomic mass is 16.5. The van der Waals surface area contributed by atoms with Crippen LogP contribution in [0.4, 0.5) is 4.79 Å². The molecule has 0 aliphatic heterocycles. The van der Waals surface area contributed by atoms with Crippen LogP contribution in [0, 0.1) is 11.8 Å². The number of nitrogens with one attached hydrogen (secondary N) is 2. The van der Waals surface area contributed by atoms with Crippen molar-refractivity contribution in [3.8, 4) is 0 Å². The third kappa shape index (κ3) is 11.1. The predicted molar refractivity (Wildman–Crippen MR) is 199 cm³/mol. The molecule has 4 rings (SSSR count). The Morgan fingerprint density at radius 3 is 1.83 bits per heavy atom. The average molecular weight is 708 g/mol. The van der Waals surface area contributed by atoms with Gasteiger partial charge in [0.15, 0.2) is 0 Å². The van der Waals surface area contributed by atoms with Crippen LogP contribution in [0.5, 0.6) is 0 Å². The number of aliphatic hydroxyl groups is 1. The Balaban J connectivity index is 1.72. The van der Waals surface area contributed by atoms with Crippen LogP contribution in [0.2, 0.25) is 0 Å². The van der Waals surface area contributed by atoms with Gasteiger partial charge in [0, 0.05) is 12.4 Å². The van der Waals surface area contributed by atoms with E-state index in [0.717, 1.165) is 21.6 Å². The number of carbonyl (C=O) groups excluding carboxylic acids is 4. The van der Waals surface area contributed by atoms with Gasteiger partial charge in [0.25, 0.3) is 5.91 Å². The van der Waals surface area contributed by atoms with E-state index >= 15 is 0 Å². The van der Waals surface area contributed by atoms with Crippen molar-refractivity contribution in [2.75, 3.05) is 0 Å². The number of nitrogens with two attached hydrogens (primary N) is 1. The molecule has 0 radical (unpaired) electrons. The fourth-order valence-corrected chi connectivity index (χ4v) is 5.80. The third-order valence-corrected chi connectivity index (χ3v) is 8.86. The molecule has 0 saturated carbocycles. The number of imide groups is 1. The van der Waals surface area contributed by atoms with Crippen molar-refractivity contribution >= 4 is 23.8 Å². The lowest BCUT2D eigenvalue weighted by molar-refractivity contribution is -0.135. The lowest BCUT2D eigenvalue weighted by Gasteiger charge is -2.39. The number of aliphatic hydroxyl groups excluding tert-OH is 1. The van der Waals surface area contributed by atoms with Crippen molar-refractivity contribution in [1.29, 1.82) is 0 Å². The monoisotopic (exact) mass is 707 g/mol. The average Bonchev–Trinajstić information content (AvgIpc) is 3.16. The first kappa shape index (κ1) is 39.4. The van der Waals surface area contributed by atoms with E-state index in [1.54, 1.807) is 39.8 Å². The molecule has 1 aromatic heterocycles. The van der Waals surface area contributed by atoms with Crippen LogP contribution in [0.25, 0.3) is 0 Å². The lowest BCUT2D eigenvalue weighted by atomic mass is 9.89. The maximum absolute atomic E-state index is 14.3. The van der Waals surface area contributed by atoms with Crippen LogP contribution in [-0.2, 0) is 33.8 Å². The van der Waals surface area contributed by atoms with Gasteiger partial charge in [0.2, 0.25) is 11.8 Å². The van der Waals surface area contributed by atoms with Gasteiger partial charge in [-0.3, -0.25) is 24.3 Å². The van der Waals surface area contributed by atoms with Crippen LogP contribution < -0.4 is 16.4 Å². The minimum Gasteiger partial charge on any atom is -0.445 e. The summed E-state index contributed by atoms with van der Waals surface area (Å²) in [6, 6.07) is 26.4. The fraction of sp³-hybridized carbons (Fsp3) is 0.341. The molecule has 0 spiro atoms. The topological polar surface area (TPSA) is 164 Å². The summed E-state index contributed by atoms with van der Waals surface area (Å²) >= 11 is 0. The molecule has 274 valence electrons. The Kier molecular flexibility index (Phi) is 14.6. The molecule has 4 aromatic rings. The Morgan fingerprint density at radius 2 is 1.31 bits per heavy atom. The van der Waals surface area contributed by atoms with E-state index in [0.29, 0.717) is 0 Å². The smallest absolute Gasteiger partial charge is 0.408 e. The highest BCUT2D eigenvalue weighted by molar-refractivity contribution is 6.06. The Morgan fingerprint density at radius 1 is 0.750 bits per heavy atom. The Labute approximate surface area is 305 Å². The molecule has 3 aromatic carbocycles. The zero-order valence-corrected chi connectivity index (χ0v) is 30.1. The summed E-state index contributed by atoms with van der Waals surface area (Å²) in [5.74, 6) is -2.61. The number of ether oxygens (including phenoxy) is 1. The van der Waals surface area contributed by atoms with Gasteiger partial charge < -0.3 is 26.2 Å². The highest BCUT2D eigenvalue weighted by Crippen LogP contribution is 2.23. The minimum absolute atomic E-state index is 0.0168. The van der Waals surface area contributed by atoms with E-state index in [-0.39, 0.29) is 36.8 Å². The van der Waals surface area contributed by atoms with Gasteiger partial charge in [-0.25, -0.2) is 4.79 Å². The molecule has 0 aliphatic carbocycles. The first-order valence-electron chi connectivity index (χ1n) is 17.5. The number of nitrogens with zero attached hydrogens (tertiary/aromatic N) is 2. The molecule has 3 unspecified atom stereocenters. The molecule has 11 nitrogen and oxygen atoms in total. The molecule has 0 bridgehead atoms. The van der Waals surface area contributed by atoms with Crippen molar-refractivity contribution < 1.29 is 29.0 Å². The van der Waals surface area contributed by atoms with E-state index in [4.69, 9.17) is 10.5 Å². The van der Waals surface area contributed by atoms with Crippen molar-refractivity contribution in [3.63, 3.8) is 0 Å². The summed E-state index contributed by atoms with van der Waals surface area (Å²) < 4.78 is 5.40. The van der Waals surface area contributed by atoms with Crippen LogP contribution >= 0.6 is 0 Å². The predicted octanol–water partition coefficient (Wildman–Crippen LogP) is 4.68. The number of amides is 4. The quantitative estimate of drug-likeness (QED) is 0.130. The van der Waals surface area contributed by atoms with E-state index in [9.17, 15) is 24.3 Å². The van der Waals surface area contributed by atoms with E-state index < -0.39 is 54.1 Å². The molecular weight excluding hydrogens is 658 g/mol. The summed E-state index contributed by atoms with van der Waals surface area (Å²) in [6.45, 7) is 7.13. The summed E-state index contributed by atoms with van der Waals surface area (Å²) in [5, 5.41) is 18.1. The van der Waals surface area contributed by atoms with Crippen LogP contribution in [0.15, 0.2) is 116 Å². The zero-order chi connectivity index (χ0) is 37.6. The molecule has 5 N–H and O–H groups in total. The Hall–Kier alpha value is -5.39. The molecule has 0 fully saturated rings. The molecule has 0 saturated heterocycles. The number of pyridine rings is 1. The van der Waals surface area contributed by atoms with Gasteiger partial charge in [-0.15, -0.1) is 0 Å². The molecule has 52 heavy (non-hydrogen) atoms. The maximum Gasteiger partial charge on any atom is 0.408 e. The summed E-state index contributed by atoms with van der Waals surface area (Å²) in [5.41, 5.74) is 8.87. The number of rotatable bonds is 16. The Bertz CT molecular complexity index is 1720. The molecule has 11 heteroatoms. The molecule has 1 heterocycles. The van der Waals surface area contributed by atoms with Crippen LogP contribution in [0.3, 0.4) is 0 Å². The van der Waals surface area contributed by atoms with Crippen molar-refractivity contribution in [2.45, 2.75) is 77.4 Å². The SMILES string of the molecule is CC(C)[C@H](N)C(=O)N(C(=O)c1cccnc1)C(Cc1ccccc1)C(O)C(Cc1ccccc1)NC(=O)[C@@H](NC(=O)OCc1ccccc1)C(C)C. The second kappa shape index (κ2) is 19.3. The van der Waals surface area contributed by atoms with Crippen LogP contribution in [0.1, 0.15) is 54.7 Å². The van der Waals surface area contributed by atoms with E-state index in [2.05, 4.69) is 15.6 Å². The van der Waals surface area contributed by atoms with Gasteiger partial charge in [-0.1, -0.05) is 119 Å².